The predicted molar refractivity (Wildman–Crippen MR) is 80.6 cm³/mol. The molecule has 0 spiro atoms. The van der Waals surface area contributed by atoms with Gasteiger partial charge in [0, 0.05) is 6.54 Å². The zero-order chi connectivity index (χ0) is 15.7. The van der Waals surface area contributed by atoms with Crippen LogP contribution < -0.4 is 4.74 Å². The molecule has 0 radical (unpaired) electrons. The normalized spacial score (nSPS) is 26.5. The molecule has 3 rings (SSSR count). The van der Waals surface area contributed by atoms with Crippen LogP contribution in [0.3, 0.4) is 0 Å². The summed E-state index contributed by atoms with van der Waals surface area (Å²) in [7, 11) is -3.13. The van der Waals surface area contributed by atoms with Crippen LogP contribution in [0.4, 0.5) is 0 Å². The van der Waals surface area contributed by atoms with Crippen molar-refractivity contribution in [2.45, 2.75) is 19.1 Å². The van der Waals surface area contributed by atoms with Crippen molar-refractivity contribution in [2.24, 2.45) is 0 Å². The van der Waals surface area contributed by atoms with Gasteiger partial charge in [-0.1, -0.05) is 17.7 Å². The van der Waals surface area contributed by atoms with Crippen LogP contribution in [-0.2, 0) is 19.4 Å². The molecule has 1 amide bonds. The number of ether oxygens (including phenoxy) is 2. The third-order valence-electron chi connectivity index (χ3n) is 4.04. The summed E-state index contributed by atoms with van der Waals surface area (Å²) < 4.78 is 34.4. The van der Waals surface area contributed by atoms with Gasteiger partial charge in [-0.25, -0.2) is 8.42 Å². The van der Waals surface area contributed by atoms with Gasteiger partial charge < -0.3 is 14.4 Å². The Morgan fingerprint density at radius 3 is 2.77 bits per heavy atom. The van der Waals surface area contributed by atoms with E-state index >= 15 is 0 Å². The van der Waals surface area contributed by atoms with Crippen molar-refractivity contribution in [2.75, 3.05) is 31.3 Å². The van der Waals surface area contributed by atoms with E-state index in [1.54, 1.807) is 4.90 Å². The molecule has 22 heavy (non-hydrogen) atoms. The van der Waals surface area contributed by atoms with E-state index in [4.69, 9.17) is 9.47 Å². The number of rotatable bonds is 3. The van der Waals surface area contributed by atoms with Gasteiger partial charge in [-0.2, -0.15) is 0 Å². The summed E-state index contributed by atoms with van der Waals surface area (Å²) in [5.74, 6) is 0.410. The zero-order valence-electron chi connectivity index (χ0n) is 12.4. The van der Waals surface area contributed by atoms with E-state index in [1.807, 2.05) is 31.2 Å². The Labute approximate surface area is 129 Å². The molecule has 2 aliphatic heterocycles. The third-order valence-corrected chi connectivity index (χ3v) is 5.73. The standard InChI is InChI=1S/C15H19NO5S/c1-11-2-4-12(5-3-11)21-8-15(17)16-6-7-20-14-10-22(18,19)9-13(14)16/h2-5,13-14H,6-10H2,1H3. The number of nitrogens with zero attached hydrogens (tertiary/aromatic N) is 1. The van der Waals surface area contributed by atoms with Gasteiger partial charge in [-0.15, -0.1) is 0 Å². The molecule has 0 saturated carbocycles. The number of amides is 1. The Morgan fingerprint density at radius 1 is 1.32 bits per heavy atom. The Balaban J connectivity index is 1.63. The van der Waals surface area contributed by atoms with Crippen molar-refractivity contribution < 1.29 is 22.7 Å². The molecule has 2 saturated heterocycles. The topological polar surface area (TPSA) is 72.9 Å². The Hall–Kier alpha value is -1.60. The van der Waals surface area contributed by atoms with E-state index in [1.165, 1.54) is 0 Å². The molecule has 2 aliphatic rings. The minimum absolute atomic E-state index is 0.000264. The fraction of sp³-hybridized carbons (Fsp3) is 0.533. The molecule has 120 valence electrons. The zero-order valence-corrected chi connectivity index (χ0v) is 13.2. The second-order valence-electron chi connectivity index (χ2n) is 5.74. The molecule has 7 heteroatoms. The Bertz CT molecular complexity index is 655. The lowest BCUT2D eigenvalue weighted by Gasteiger charge is -2.36. The van der Waals surface area contributed by atoms with Crippen molar-refractivity contribution in [3.05, 3.63) is 29.8 Å². The summed E-state index contributed by atoms with van der Waals surface area (Å²) in [5.41, 5.74) is 1.12. The van der Waals surface area contributed by atoms with Gasteiger partial charge >= 0.3 is 0 Å². The largest absolute Gasteiger partial charge is 0.484 e. The van der Waals surface area contributed by atoms with Crippen LogP contribution in [0.1, 0.15) is 5.56 Å². The highest BCUT2D eigenvalue weighted by Gasteiger charge is 2.45. The highest BCUT2D eigenvalue weighted by molar-refractivity contribution is 7.91. The molecule has 2 heterocycles. The number of carbonyl (C=O) groups excluding carboxylic acids is 1. The molecule has 0 N–H and O–H groups in total. The monoisotopic (exact) mass is 325 g/mol. The minimum atomic E-state index is -3.13. The second-order valence-corrected chi connectivity index (χ2v) is 7.90. The molecule has 0 aliphatic carbocycles. The summed E-state index contributed by atoms with van der Waals surface area (Å²) in [6, 6.07) is 7.06. The Kier molecular flexibility index (Phi) is 4.10. The van der Waals surface area contributed by atoms with Crippen LogP contribution in [0.25, 0.3) is 0 Å². The molecular weight excluding hydrogens is 306 g/mol. The van der Waals surface area contributed by atoms with E-state index in [9.17, 15) is 13.2 Å². The molecule has 1 aromatic rings. The number of sulfone groups is 1. The van der Waals surface area contributed by atoms with Gasteiger partial charge in [0.2, 0.25) is 0 Å². The molecule has 6 nitrogen and oxygen atoms in total. The maximum atomic E-state index is 12.3. The summed E-state index contributed by atoms with van der Waals surface area (Å²) >= 11 is 0. The summed E-state index contributed by atoms with van der Waals surface area (Å²) in [6.07, 6.45) is -0.401. The van der Waals surface area contributed by atoms with Crippen molar-refractivity contribution >= 4 is 15.7 Å². The molecule has 2 atom stereocenters. The molecular formula is C15H19NO5S. The first kappa shape index (κ1) is 15.3. The summed E-state index contributed by atoms with van der Waals surface area (Å²) in [4.78, 5) is 13.9. The predicted octanol–water partition coefficient (Wildman–Crippen LogP) is 0.398. The smallest absolute Gasteiger partial charge is 0.260 e. The van der Waals surface area contributed by atoms with E-state index in [0.29, 0.717) is 18.9 Å². The highest BCUT2D eigenvalue weighted by atomic mass is 32.2. The summed E-state index contributed by atoms with van der Waals surface area (Å²) in [5, 5.41) is 0. The first-order valence-corrected chi connectivity index (χ1v) is 9.08. The first-order valence-electron chi connectivity index (χ1n) is 7.25. The van der Waals surface area contributed by atoms with Gasteiger partial charge in [0.15, 0.2) is 16.4 Å². The van der Waals surface area contributed by atoms with E-state index in [-0.39, 0.29) is 30.1 Å². The number of morpholine rings is 1. The number of aryl methyl sites for hydroxylation is 1. The Morgan fingerprint density at radius 2 is 2.05 bits per heavy atom. The lowest BCUT2D eigenvalue weighted by Crippen LogP contribution is -2.54. The maximum absolute atomic E-state index is 12.3. The fourth-order valence-electron chi connectivity index (χ4n) is 2.89. The number of benzene rings is 1. The quantitative estimate of drug-likeness (QED) is 0.804. The second kappa shape index (κ2) is 5.89. The molecule has 2 fully saturated rings. The number of carbonyl (C=O) groups is 1. The first-order chi connectivity index (χ1) is 10.4. The van der Waals surface area contributed by atoms with Crippen molar-refractivity contribution in [1.82, 2.24) is 4.90 Å². The minimum Gasteiger partial charge on any atom is -0.484 e. The fourth-order valence-corrected chi connectivity index (χ4v) is 4.76. The lowest BCUT2D eigenvalue weighted by atomic mass is 10.1. The van der Waals surface area contributed by atoms with Gasteiger partial charge in [-0.3, -0.25) is 4.79 Å². The molecule has 2 unspecified atom stereocenters. The average Bonchev–Trinajstić information content (AvgIpc) is 2.80. The van der Waals surface area contributed by atoms with E-state index in [0.717, 1.165) is 5.56 Å². The average molecular weight is 325 g/mol. The van der Waals surface area contributed by atoms with E-state index in [2.05, 4.69) is 0 Å². The molecule has 0 bridgehead atoms. The van der Waals surface area contributed by atoms with Crippen LogP contribution >= 0.6 is 0 Å². The SMILES string of the molecule is Cc1ccc(OCC(=O)N2CCOC3CS(=O)(=O)CC32)cc1. The van der Waals surface area contributed by atoms with Gasteiger partial charge in [0.25, 0.3) is 5.91 Å². The van der Waals surface area contributed by atoms with Gasteiger partial charge in [-0.05, 0) is 19.1 Å². The van der Waals surface area contributed by atoms with Crippen LogP contribution in [0, 0.1) is 6.92 Å². The van der Waals surface area contributed by atoms with Crippen LogP contribution in [-0.4, -0.2) is 62.6 Å². The maximum Gasteiger partial charge on any atom is 0.260 e. The molecule has 0 aromatic heterocycles. The van der Waals surface area contributed by atoms with Gasteiger partial charge in [0.05, 0.1) is 30.3 Å². The van der Waals surface area contributed by atoms with E-state index < -0.39 is 15.9 Å². The number of hydrogen-bond donors (Lipinski definition) is 0. The van der Waals surface area contributed by atoms with Crippen LogP contribution in [0.15, 0.2) is 24.3 Å². The van der Waals surface area contributed by atoms with Crippen molar-refractivity contribution in [3.63, 3.8) is 0 Å². The van der Waals surface area contributed by atoms with Crippen LogP contribution in [0.2, 0.25) is 0 Å². The number of fused-ring (bicyclic) bond motifs is 1. The van der Waals surface area contributed by atoms with Gasteiger partial charge in [0.1, 0.15) is 5.75 Å². The lowest BCUT2D eigenvalue weighted by molar-refractivity contribution is -0.144. The third kappa shape index (κ3) is 3.25. The van der Waals surface area contributed by atoms with Crippen molar-refractivity contribution in [1.29, 1.82) is 0 Å². The summed E-state index contributed by atoms with van der Waals surface area (Å²) in [6.45, 7) is 2.66. The van der Waals surface area contributed by atoms with Crippen LogP contribution in [0.5, 0.6) is 5.75 Å². The number of hydrogen-bond acceptors (Lipinski definition) is 5. The van der Waals surface area contributed by atoms with Crippen molar-refractivity contribution in [3.8, 4) is 5.75 Å². The molecule has 1 aromatic carbocycles. The highest BCUT2D eigenvalue weighted by Crippen LogP contribution is 2.24.